The third kappa shape index (κ3) is 6.67. The molecule has 1 aromatic heterocycles. The van der Waals surface area contributed by atoms with Crippen LogP contribution in [0.3, 0.4) is 0 Å². The van der Waals surface area contributed by atoms with Crippen LogP contribution >= 0.6 is 0 Å². The van der Waals surface area contributed by atoms with Gasteiger partial charge in [-0.1, -0.05) is 48.0 Å². The van der Waals surface area contributed by atoms with E-state index in [4.69, 9.17) is 5.10 Å². The number of amides is 2. The molecule has 0 spiro atoms. The summed E-state index contributed by atoms with van der Waals surface area (Å²) in [6.45, 7) is 18.9. The van der Waals surface area contributed by atoms with Crippen molar-refractivity contribution in [1.29, 1.82) is 0 Å². The van der Waals surface area contributed by atoms with E-state index in [1.807, 2.05) is 24.6 Å². The lowest BCUT2D eigenvalue weighted by atomic mass is 9.92. The Hall–Kier alpha value is -1.85. The van der Waals surface area contributed by atoms with Gasteiger partial charge in [0.25, 0.3) is 0 Å². The molecule has 0 saturated carbocycles. The van der Waals surface area contributed by atoms with E-state index >= 15 is 0 Å². The largest absolute Gasteiger partial charge is 0.333 e. The van der Waals surface area contributed by atoms with E-state index in [9.17, 15) is 9.59 Å². The van der Waals surface area contributed by atoms with Crippen LogP contribution < -0.4 is 5.32 Å². The number of nitrogens with zero attached hydrogens (tertiary/aromatic N) is 3. The Morgan fingerprint density at radius 2 is 1.78 bits per heavy atom. The number of rotatable bonds is 7. The molecular weight excluding hydrogens is 340 g/mol. The molecule has 1 aromatic rings. The Kier molecular flexibility index (Phi) is 7.64. The SMILES string of the molecule is CCCCN(CC(=O)Nc1cc(C(C)(C)C)nn1C(C)(C)C)C(=O)C(C)C. The molecule has 2 amide bonds. The van der Waals surface area contributed by atoms with Gasteiger partial charge in [0.05, 0.1) is 17.8 Å². The Bertz CT molecular complexity index is 648. The van der Waals surface area contributed by atoms with Crippen LogP contribution in [0.15, 0.2) is 6.07 Å². The summed E-state index contributed by atoms with van der Waals surface area (Å²) in [5, 5.41) is 7.70. The second kappa shape index (κ2) is 8.89. The van der Waals surface area contributed by atoms with Gasteiger partial charge in [0.15, 0.2) is 0 Å². The Morgan fingerprint density at radius 3 is 2.22 bits per heavy atom. The minimum Gasteiger partial charge on any atom is -0.333 e. The van der Waals surface area contributed by atoms with Crippen LogP contribution in [0.4, 0.5) is 5.82 Å². The van der Waals surface area contributed by atoms with Gasteiger partial charge in [-0.2, -0.15) is 5.10 Å². The lowest BCUT2D eigenvalue weighted by molar-refractivity contribution is -0.137. The molecule has 27 heavy (non-hydrogen) atoms. The van der Waals surface area contributed by atoms with Gasteiger partial charge in [0, 0.05) is 23.9 Å². The first-order chi connectivity index (χ1) is 12.3. The number of hydrogen-bond acceptors (Lipinski definition) is 3. The molecule has 154 valence electrons. The average molecular weight is 379 g/mol. The molecule has 0 aliphatic heterocycles. The summed E-state index contributed by atoms with van der Waals surface area (Å²) in [7, 11) is 0. The summed E-state index contributed by atoms with van der Waals surface area (Å²) >= 11 is 0. The summed E-state index contributed by atoms with van der Waals surface area (Å²) in [5.74, 6) is 0.372. The Morgan fingerprint density at radius 1 is 1.19 bits per heavy atom. The lowest BCUT2D eigenvalue weighted by Crippen LogP contribution is -2.41. The number of carbonyl (C=O) groups excluding carboxylic acids is 2. The fraction of sp³-hybridized carbons (Fsp3) is 0.762. The van der Waals surface area contributed by atoms with E-state index in [0.717, 1.165) is 18.5 Å². The minimum atomic E-state index is -0.262. The van der Waals surface area contributed by atoms with Crippen molar-refractivity contribution in [1.82, 2.24) is 14.7 Å². The summed E-state index contributed by atoms with van der Waals surface area (Å²) in [6, 6.07) is 1.93. The smallest absolute Gasteiger partial charge is 0.245 e. The highest BCUT2D eigenvalue weighted by Gasteiger charge is 2.26. The van der Waals surface area contributed by atoms with E-state index < -0.39 is 0 Å². The van der Waals surface area contributed by atoms with Crippen LogP contribution in [0, 0.1) is 5.92 Å². The summed E-state index contributed by atoms with van der Waals surface area (Å²) < 4.78 is 1.85. The zero-order chi connectivity index (χ0) is 21.0. The molecule has 1 rings (SSSR count). The van der Waals surface area contributed by atoms with Gasteiger partial charge in [-0.05, 0) is 27.2 Å². The van der Waals surface area contributed by atoms with Crippen molar-refractivity contribution in [3.8, 4) is 0 Å². The molecule has 0 fully saturated rings. The highest BCUT2D eigenvalue weighted by molar-refractivity contribution is 5.94. The number of hydrogen-bond donors (Lipinski definition) is 1. The Labute approximate surface area is 164 Å². The van der Waals surface area contributed by atoms with E-state index in [-0.39, 0.29) is 35.2 Å². The first-order valence-corrected chi connectivity index (χ1v) is 9.97. The zero-order valence-corrected chi connectivity index (χ0v) is 18.6. The zero-order valence-electron chi connectivity index (χ0n) is 18.6. The first-order valence-electron chi connectivity index (χ1n) is 9.97. The topological polar surface area (TPSA) is 67.2 Å². The second-order valence-corrected chi connectivity index (χ2v) is 9.56. The molecule has 6 nitrogen and oxygen atoms in total. The van der Waals surface area contributed by atoms with Crippen LogP contribution in [-0.4, -0.2) is 39.6 Å². The normalized spacial score (nSPS) is 12.4. The lowest BCUT2D eigenvalue weighted by Gasteiger charge is -2.25. The molecule has 1 heterocycles. The number of unbranched alkanes of at least 4 members (excludes halogenated alkanes) is 1. The van der Waals surface area contributed by atoms with Crippen molar-refractivity contribution in [3.05, 3.63) is 11.8 Å². The van der Waals surface area contributed by atoms with Gasteiger partial charge in [-0.15, -0.1) is 0 Å². The second-order valence-electron chi connectivity index (χ2n) is 9.56. The molecule has 1 N–H and O–H groups in total. The summed E-state index contributed by atoms with van der Waals surface area (Å²) in [4.78, 5) is 26.8. The molecule has 0 atom stereocenters. The van der Waals surface area contributed by atoms with Gasteiger partial charge in [-0.3, -0.25) is 9.59 Å². The molecule has 0 bridgehead atoms. The van der Waals surface area contributed by atoms with Gasteiger partial charge >= 0.3 is 0 Å². The monoisotopic (exact) mass is 378 g/mol. The summed E-state index contributed by atoms with van der Waals surface area (Å²) in [5.41, 5.74) is 0.548. The predicted molar refractivity (Wildman–Crippen MR) is 111 cm³/mol. The Balaban J connectivity index is 3.03. The van der Waals surface area contributed by atoms with Gasteiger partial charge in [0.2, 0.25) is 11.8 Å². The molecule has 0 saturated heterocycles. The van der Waals surface area contributed by atoms with E-state index in [2.05, 4.69) is 53.8 Å². The van der Waals surface area contributed by atoms with Crippen molar-refractivity contribution < 1.29 is 9.59 Å². The highest BCUT2D eigenvalue weighted by atomic mass is 16.2. The van der Waals surface area contributed by atoms with E-state index in [0.29, 0.717) is 12.4 Å². The van der Waals surface area contributed by atoms with Crippen LogP contribution in [0.5, 0.6) is 0 Å². The third-order valence-electron chi connectivity index (χ3n) is 4.30. The summed E-state index contributed by atoms with van der Waals surface area (Å²) in [6.07, 6.45) is 1.87. The number of carbonyl (C=O) groups is 2. The maximum atomic E-state index is 12.7. The molecule has 0 aliphatic carbocycles. The molecule has 0 aromatic carbocycles. The van der Waals surface area contributed by atoms with E-state index in [1.165, 1.54) is 0 Å². The van der Waals surface area contributed by atoms with Crippen molar-refractivity contribution in [2.75, 3.05) is 18.4 Å². The van der Waals surface area contributed by atoms with E-state index in [1.54, 1.807) is 4.90 Å². The molecule has 0 radical (unpaired) electrons. The third-order valence-corrected chi connectivity index (χ3v) is 4.30. The minimum absolute atomic E-state index is 0.0123. The molecule has 0 aliphatic rings. The van der Waals surface area contributed by atoms with Crippen LogP contribution in [0.25, 0.3) is 0 Å². The quantitative estimate of drug-likeness (QED) is 0.775. The number of anilines is 1. The first kappa shape index (κ1) is 23.2. The van der Waals surface area contributed by atoms with Crippen molar-refractivity contribution in [2.45, 2.75) is 86.1 Å². The molecule has 0 unspecified atom stereocenters. The fourth-order valence-electron chi connectivity index (χ4n) is 2.69. The van der Waals surface area contributed by atoms with Gasteiger partial charge in [-0.25, -0.2) is 4.68 Å². The molecule has 6 heteroatoms. The standard InChI is InChI=1S/C21H38N4O2/c1-10-11-12-24(19(27)15(2)3)14-18(26)22-17-13-16(20(4,5)6)23-25(17)21(7,8)9/h13,15H,10-12,14H2,1-9H3,(H,22,26). The highest BCUT2D eigenvalue weighted by Crippen LogP contribution is 2.28. The number of aromatic nitrogens is 2. The maximum absolute atomic E-state index is 12.7. The predicted octanol–water partition coefficient (Wildman–Crippen LogP) is 4.16. The fourth-order valence-corrected chi connectivity index (χ4v) is 2.69. The van der Waals surface area contributed by atoms with Crippen molar-refractivity contribution in [2.24, 2.45) is 5.92 Å². The molecular formula is C21H38N4O2. The van der Waals surface area contributed by atoms with Crippen molar-refractivity contribution >= 4 is 17.6 Å². The van der Waals surface area contributed by atoms with Crippen LogP contribution in [0.2, 0.25) is 0 Å². The van der Waals surface area contributed by atoms with Crippen molar-refractivity contribution in [3.63, 3.8) is 0 Å². The van der Waals surface area contributed by atoms with Gasteiger partial charge in [0.1, 0.15) is 5.82 Å². The van der Waals surface area contributed by atoms with Crippen LogP contribution in [-0.2, 0) is 20.5 Å². The van der Waals surface area contributed by atoms with Crippen LogP contribution in [0.1, 0.15) is 80.8 Å². The van der Waals surface area contributed by atoms with Gasteiger partial charge < -0.3 is 10.2 Å². The number of nitrogens with one attached hydrogen (secondary N) is 1. The maximum Gasteiger partial charge on any atom is 0.245 e. The average Bonchev–Trinajstić information content (AvgIpc) is 2.94.